The normalized spacial score (nSPS) is 11.0. The topological polar surface area (TPSA) is 17.3 Å². The van der Waals surface area contributed by atoms with Gasteiger partial charge in [0.15, 0.2) is 0 Å². The monoisotopic (exact) mass is 300 g/mol. The number of hydrogen-bond acceptors (Lipinski definition) is 1. The SMILES string of the molecule is Cc1ccc2cnc(Cc3ccccc3Br)n2c1. The van der Waals surface area contributed by atoms with Crippen LogP contribution in [0.1, 0.15) is 17.0 Å². The summed E-state index contributed by atoms with van der Waals surface area (Å²) in [6.45, 7) is 2.10. The molecule has 18 heavy (non-hydrogen) atoms. The number of fused-ring (bicyclic) bond motifs is 1. The minimum Gasteiger partial charge on any atom is -0.303 e. The second-order valence-electron chi connectivity index (χ2n) is 4.44. The van der Waals surface area contributed by atoms with Gasteiger partial charge in [-0.05, 0) is 30.2 Å². The molecule has 3 heteroatoms. The van der Waals surface area contributed by atoms with Crippen molar-refractivity contribution in [1.29, 1.82) is 0 Å². The van der Waals surface area contributed by atoms with Gasteiger partial charge in [0, 0.05) is 17.1 Å². The Morgan fingerprint density at radius 1 is 1.17 bits per heavy atom. The third-order valence-corrected chi connectivity index (χ3v) is 3.83. The molecule has 90 valence electrons. The molecule has 2 nitrogen and oxygen atoms in total. The van der Waals surface area contributed by atoms with Gasteiger partial charge in [-0.2, -0.15) is 0 Å². The quantitative estimate of drug-likeness (QED) is 0.699. The van der Waals surface area contributed by atoms with E-state index in [2.05, 4.69) is 68.8 Å². The van der Waals surface area contributed by atoms with Gasteiger partial charge in [-0.15, -0.1) is 0 Å². The molecule has 0 aliphatic heterocycles. The average Bonchev–Trinajstić information content (AvgIpc) is 2.75. The summed E-state index contributed by atoms with van der Waals surface area (Å²) in [7, 11) is 0. The molecule has 0 aliphatic carbocycles. The van der Waals surface area contributed by atoms with Crippen LogP contribution >= 0.6 is 15.9 Å². The molecule has 2 heterocycles. The number of hydrogen-bond donors (Lipinski definition) is 0. The van der Waals surface area contributed by atoms with Crippen LogP contribution < -0.4 is 0 Å². The molecule has 0 fully saturated rings. The van der Waals surface area contributed by atoms with E-state index in [-0.39, 0.29) is 0 Å². The van der Waals surface area contributed by atoms with Crippen molar-refractivity contribution in [3.05, 3.63) is 70.2 Å². The van der Waals surface area contributed by atoms with E-state index in [9.17, 15) is 0 Å². The highest BCUT2D eigenvalue weighted by Gasteiger charge is 2.06. The van der Waals surface area contributed by atoms with Gasteiger partial charge in [0.25, 0.3) is 0 Å². The van der Waals surface area contributed by atoms with Crippen molar-refractivity contribution in [2.45, 2.75) is 13.3 Å². The summed E-state index contributed by atoms with van der Waals surface area (Å²) in [5, 5.41) is 0. The highest BCUT2D eigenvalue weighted by molar-refractivity contribution is 9.10. The Morgan fingerprint density at radius 3 is 2.83 bits per heavy atom. The summed E-state index contributed by atoms with van der Waals surface area (Å²) in [5.74, 6) is 1.07. The fraction of sp³-hybridized carbons (Fsp3) is 0.133. The second kappa shape index (κ2) is 4.58. The lowest BCUT2D eigenvalue weighted by molar-refractivity contribution is 0.953. The van der Waals surface area contributed by atoms with Crippen molar-refractivity contribution in [3.8, 4) is 0 Å². The maximum atomic E-state index is 4.51. The van der Waals surface area contributed by atoms with Crippen LogP contribution in [-0.2, 0) is 6.42 Å². The Labute approximate surface area is 114 Å². The molecule has 0 bridgehead atoms. The maximum absolute atomic E-state index is 4.51. The Bertz CT molecular complexity index is 701. The summed E-state index contributed by atoms with van der Waals surface area (Å²) in [6.07, 6.45) is 4.89. The van der Waals surface area contributed by atoms with E-state index >= 15 is 0 Å². The predicted octanol–water partition coefficient (Wildman–Crippen LogP) is 4.00. The fourth-order valence-corrected chi connectivity index (χ4v) is 2.52. The fourth-order valence-electron chi connectivity index (χ4n) is 2.09. The molecule has 3 aromatic rings. The smallest absolute Gasteiger partial charge is 0.117 e. The van der Waals surface area contributed by atoms with Crippen LogP contribution in [0.3, 0.4) is 0 Å². The Hall–Kier alpha value is -1.61. The van der Waals surface area contributed by atoms with Crippen molar-refractivity contribution in [2.24, 2.45) is 0 Å². The Morgan fingerprint density at radius 2 is 2.00 bits per heavy atom. The van der Waals surface area contributed by atoms with Crippen molar-refractivity contribution in [2.75, 3.05) is 0 Å². The van der Waals surface area contributed by atoms with Crippen LogP contribution in [-0.4, -0.2) is 9.38 Å². The predicted molar refractivity (Wildman–Crippen MR) is 76.9 cm³/mol. The lowest BCUT2D eigenvalue weighted by atomic mass is 10.1. The molecule has 3 rings (SSSR count). The minimum absolute atomic E-state index is 0.832. The van der Waals surface area contributed by atoms with E-state index in [1.165, 1.54) is 11.1 Å². The zero-order valence-electron chi connectivity index (χ0n) is 10.1. The highest BCUT2D eigenvalue weighted by Crippen LogP contribution is 2.20. The number of benzene rings is 1. The molecule has 2 aromatic heterocycles. The summed E-state index contributed by atoms with van der Waals surface area (Å²) >= 11 is 3.58. The van der Waals surface area contributed by atoms with Crippen LogP contribution in [0.2, 0.25) is 0 Å². The van der Waals surface area contributed by atoms with E-state index in [0.717, 1.165) is 22.2 Å². The number of pyridine rings is 1. The molecule has 1 aromatic carbocycles. The number of aryl methyl sites for hydroxylation is 1. The van der Waals surface area contributed by atoms with E-state index < -0.39 is 0 Å². The lowest BCUT2D eigenvalue weighted by Crippen LogP contribution is -1.97. The van der Waals surface area contributed by atoms with Gasteiger partial charge in [0.1, 0.15) is 5.82 Å². The van der Waals surface area contributed by atoms with E-state index in [0.29, 0.717) is 0 Å². The first kappa shape index (κ1) is 11.5. The number of halogens is 1. The van der Waals surface area contributed by atoms with Gasteiger partial charge < -0.3 is 4.40 Å². The molecule has 0 amide bonds. The third-order valence-electron chi connectivity index (χ3n) is 3.06. The molecular weight excluding hydrogens is 288 g/mol. The number of rotatable bonds is 2. The van der Waals surface area contributed by atoms with Crippen molar-refractivity contribution < 1.29 is 0 Å². The van der Waals surface area contributed by atoms with E-state index in [4.69, 9.17) is 0 Å². The molecule has 0 saturated heterocycles. The van der Waals surface area contributed by atoms with Crippen molar-refractivity contribution >= 4 is 21.4 Å². The van der Waals surface area contributed by atoms with Crippen molar-refractivity contribution in [1.82, 2.24) is 9.38 Å². The van der Waals surface area contributed by atoms with Gasteiger partial charge >= 0.3 is 0 Å². The number of imidazole rings is 1. The summed E-state index contributed by atoms with van der Waals surface area (Å²) in [4.78, 5) is 4.51. The molecule has 0 saturated carbocycles. The zero-order chi connectivity index (χ0) is 12.5. The van der Waals surface area contributed by atoms with Crippen LogP contribution in [0.4, 0.5) is 0 Å². The van der Waals surface area contributed by atoms with Crippen LogP contribution in [0.15, 0.2) is 53.3 Å². The minimum atomic E-state index is 0.832. The van der Waals surface area contributed by atoms with Crippen LogP contribution in [0.5, 0.6) is 0 Å². The first-order valence-electron chi connectivity index (χ1n) is 5.90. The van der Waals surface area contributed by atoms with Gasteiger partial charge in [0.05, 0.1) is 11.7 Å². The Kier molecular flexibility index (Phi) is 2.92. The molecule has 0 radical (unpaired) electrons. The van der Waals surface area contributed by atoms with Crippen LogP contribution in [0, 0.1) is 6.92 Å². The molecule has 0 spiro atoms. The van der Waals surface area contributed by atoms with Crippen molar-refractivity contribution in [3.63, 3.8) is 0 Å². The average molecular weight is 301 g/mol. The Balaban J connectivity index is 2.05. The largest absolute Gasteiger partial charge is 0.303 e. The lowest BCUT2D eigenvalue weighted by Gasteiger charge is -2.04. The second-order valence-corrected chi connectivity index (χ2v) is 5.30. The van der Waals surface area contributed by atoms with E-state index in [1.54, 1.807) is 0 Å². The maximum Gasteiger partial charge on any atom is 0.117 e. The van der Waals surface area contributed by atoms with Crippen LogP contribution in [0.25, 0.3) is 5.52 Å². The summed E-state index contributed by atoms with van der Waals surface area (Å²) < 4.78 is 3.30. The summed E-state index contributed by atoms with van der Waals surface area (Å²) in [5.41, 5.74) is 3.64. The number of aromatic nitrogens is 2. The van der Waals surface area contributed by atoms with Gasteiger partial charge in [-0.1, -0.05) is 40.2 Å². The van der Waals surface area contributed by atoms with Gasteiger partial charge in [0.2, 0.25) is 0 Å². The number of nitrogens with zero attached hydrogens (tertiary/aromatic N) is 2. The first-order chi connectivity index (χ1) is 8.74. The molecule has 0 N–H and O–H groups in total. The van der Waals surface area contributed by atoms with Gasteiger partial charge in [-0.25, -0.2) is 4.98 Å². The highest BCUT2D eigenvalue weighted by atomic mass is 79.9. The molecule has 0 aliphatic rings. The van der Waals surface area contributed by atoms with Gasteiger partial charge in [-0.3, -0.25) is 0 Å². The molecular formula is C15H13BrN2. The first-order valence-corrected chi connectivity index (χ1v) is 6.69. The standard InChI is InChI=1S/C15H13BrN2/c1-11-6-7-13-9-17-15(18(13)10-11)8-12-4-2-3-5-14(12)16/h2-7,9-10H,8H2,1H3. The summed E-state index contributed by atoms with van der Waals surface area (Å²) in [6, 6.07) is 12.5. The molecule has 0 atom stereocenters. The van der Waals surface area contributed by atoms with E-state index in [1.807, 2.05) is 12.3 Å². The molecule has 0 unspecified atom stereocenters. The third kappa shape index (κ3) is 2.06. The zero-order valence-corrected chi connectivity index (χ0v) is 11.7.